The molecule has 1 aliphatic heterocycles. The van der Waals surface area contributed by atoms with Crippen LogP contribution < -0.4 is 0 Å². The van der Waals surface area contributed by atoms with Crippen molar-refractivity contribution in [3.05, 3.63) is 70.8 Å². The van der Waals surface area contributed by atoms with E-state index in [1.165, 1.54) is 24.3 Å². The third kappa shape index (κ3) is 3.42. The Balaban J connectivity index is 2.00. The van der Waals surface area contributed by atoms with Gasteiger partial charge in [-0.05, 0) is 29.3 Å². The van der Waals surface area contributed by atoms with Gasteiger partial charge in [0.25, 0.3) is 5.91 Å². The SMILES string of the molecule is COC(=O)C1C(=O)N(Cc2cccc(C(F)(F)F)c2)C(=O)c2ccccc21. The molecule has 1 unspecified atom stereocenters. The zero-order chi connectivity index (χ0) is 19.8. The zero-order valence-corrected chi connectivity index (χ0v) is 14.1. The number of hydrogen-bond donors (Lipinski definition) is 0. The number of carbonyl (C=O) groups excluding carboxylic acids is 3. The Morgan fingerprint density at radius 3 is 2.48 bits per heavy atom. The quantitative estimate of drug-likeness (QED) is 0.468. The molecule has 1 heterocycles. The second-order valence-corrected chi connectivity index (χ2v) is 5.97. The lowest BCUT2D eigenvalue weighted by molar-refractivity contribution is -0.149. The normalized spacial score (nSPS) is 16.9. The number of imide groups is 1. The number of carbonyl (C=O) groups is 3. The van der Waals surface area contributed by atoms with Crippen LogP contribution in [0.4, 0.5) is 13.2 Å². The molecule has 27 heavy (non-hydrogen) atoms. The van der Waals surface area contributed by atoms with Gasteiger partial charge in [0.15, 0.2) is 5.92 Å². The predicted molar refractivity (Wildman–Crippen MR) is 87.5 cm³/mol. The summed E-state index contributed by atoms with van der Waals surface area (Å²) in [6.45, 7) is -0.386. The van der Waals surface area contributed by atoms with Crippen LogP contribution in [0.25, 0.3) is 0 Å². The number of fused-ring (bicyclic) bond motifs is 1. The van der Waals surface area contributed by atoms with Gasteiger partial charge >= 0.3 is 12.1 Å². The summed E-state index contributed by atoms with van der Waals surface area (Å²) in [5.74, 6) is -3.68. The monoisotopic (exact) mass is 377 g/mol. The first kappa shape index (κ1) is 18.6. The van der Waals surface area contributed by atoms with Crippen molar-refractivity contribution in [2.24, 2.45) is 0 Å². The van der Waals surface area contributed by atoms with Crippen LogP contribution in [0.3, 0.4) is 0 Å². The summed E-state index contributed by atoms with van der Waals surface area (Å²) in [7, 11) is 1.12. The number of rotatable bonds is 3. The summed E-state index contributed by atoms with van der Waals surface area (Å²) in [6, 6.07) is 10.4. The molecule has 0 spiro atoms. The number of methoxy groups -OCH3 is 1. The van der Waals surface area contributed by atoms with Gasteiger partial charge in [-0.15, -0.1) is 0 Å². The third-order valence-electron chi connectivity index (χ3n) is 4.29. The van der Waals surface area contributed by atoms with E-state index in [9.17, 15) is 27.6 Å². The molecule has 140 valence electrons. The van der Waals surface area contributed by atoms with E-state index in [1.807, 2.05) is 0 Å². The van der Waals surface area contributed by atoms with Crippen molar-refractivity contribution in [1.82, 2.24) is 4.90 Å². The van der Waals surface area contributed by atoms with Crippen LogP contribution in [-0.2, 0) is 27.0 Å². The average molecular weight is 377 g/mol. The van der Waals surface area contributed by atoms with Crippen LogP contribution >= 0.6 is 0 Å². The fourth-order valence-corrected chi connectivity index (χ4v) is 3.00. The Bertz CT molecular complexity index is 923. The van der Waals surface area contributed by atoms with E-state index in [0.29, 0.717) is 0 Å². The topological polar surface area (TPSA) is 63.7 Å². The van der Waals surface area contributed by atoms with Crippen LogP contribution in [-0.4, -0.2) is 29.8 Å². The summed E-state index contributed by atoms with van der Waals surface area (Å²) >= 11 is 0. The van der Waals surface area contributed by atoms with Crippen molar-refractivity contribution in [2.45, 2.75) is 18.6 Å². The maximum Gasteiger partial charge on any atom is 0.416 e. The molecule has 0 N–H and O–H groups in total. The maximum atomic E-state index is 12.9. The Morgan fingerprint density at radius 2 is 1.81 bits per heavy atom. The van der Waals surface area contributed by atoms with E-state index in [4.69, 9.17) is 0 Å². The molecular formula is C19H14F3NO4. The van der Waals surface area contributed by atoms with Crippen molar-refractivity contribution >= 4 is 17.8 Å². The van der Waals surface area contributed by atoms with Gasteiger partial charge in [0, 0.05) is 5.56 Å². The van der Waals surface area contributed by atoms with Gasteiger partial charge in [-0.1, -0.05) is 30.3 Å². The smallest absolute Gasteiger partial charge is 0.416 e. The van der Waals surface area contributed by atoms with Crippen molar-refractivity contribution in [3.63, 3.8) is 0 Å². The molecule has 0 saturated carbocycles. The lowest BCUT2D eigenvalue weighted by Gasteiger charge is -2.31. The van der Waals surface area contributed by atoms with Gasteiger partial charge in [-0.25, -0.2) is 0 Å². The van der Waals surface area contributed by atoms with Crippen molar-refractivity contribution in [1.29, 1.82) is 0 Å². The van der Waals surface area contributed by atoms with Crippen molar-refractivity contribution in [2.75, 3.05) is 7.11 Å². The number of esters is 1. The molecule has 5 nitrogen and oxygen atoms in total. The highest BCUT2D eigenvalue weighted by molar-refractivity contribution is 6.17. The molecule has 0 aromatic heterocycles. The Kier molecular flexibility index (Phi) is 4.73. The van der Waals surface area contributed by atoms with E-state index < -0.39 is 35.4 Å². The molecule has 2 amide bonds. The Morgan fingerprint density at radius 1 is 1.11 bits per heavy atom. The summed E-state index contributed by atoms with van der Waals surface area (Å²) in [5, 5.41) is 0. The van der Waals surface area contributed by atoms with Crippen molar-refractivity contribution < 1.29 is 32.3 Å². The van der Waals surface area contributed by atoms with E-state index in [0.717, 1.165) is 24.1 Å². The molecule has 0 saturated heterocycles. The minimum atomic E-state index is -4.55. The Labute approximate surface area is 152 Å². The van der Waals surface area contributed by atoms with E-state index in [2.05, 4.69) is 4.74 Å². The van der Waals surface area contributed by atoms with E-state index in [-0.39, 0.29) is 23.2 Å². The summed E-state index contributed by atoms with van der Waals surface area (Å²) in [4.78, 5) is 38.3. The average Bonchev–Trinajstić information content (AvgIpc) is 2.64. The predicted octanol–water partition coefficient (Wildman–Crippen LogP) is 3.14. The molecule has 0 fully saturated rings. The Hall–Kier alpha value is -3.16. The van der Waals surface area contributed by atoms with Crippen LogP contribution in [0.15, 0.2) is 48.5 Å². The number of amides is 2. The zero-order valence-electron chi connectivity index (χ0n) is 14.1. The molecule has 0 aliphatic carbocycles. The number of hydrogen-bond acceptors (Lipinski definition) is 4. The van der Waals surface area contributed by atoms with Gasteiger partial charge in [-0.3, -0.25) is 19.3 Å². The first-order valence-corrected chi connectivity index (χ1v) is 7.92. The van der Waals surface area contributed by atoms with Crippen LogP contribution in [0.1, 0.15) is 33.0 Å². The number of nitrogens with zero attached hydrogens (tertiary/aromatic N) is 1. The lowest BCUT2D eigenvalue weighted by atomic mass is 9.88. The number of benzene rings is 2. The molecular weight excluding hydrogens is 363 g/mol. The molecule has 1 aliphatic rings. The standard InChI is InChI=1S/C19H14F3NO4/c1-27-18(26)15-13-7-2-3-8-14(13)16(24)23(17(15)25)10-11-5-4-6-12(9-11)19(20,21)22/h2-9,15H,10H2,1H3. The maximum absolute atomic E-state index is 12.9. The van der Waals surface area contributed by atoms with Crippen LogP contribution in [0, 0.1) is 0 Å². The van der Waals surface area contributed by atoms with Gasteiger partial charge in [0.1, 0.15) is 0 Å². The van der Waals surface area contributed by atoms with Crippen LogP contribution in [0.5, 0.6) is 0 Å². The highest BCUT2D eigenvalue weighted by Crippen LogP contribution is 2.33. The highest BCUT2D eigenvalue weighted by Gasteiger charge is 2.43. The summed E-state index contributed by atoms with van der Waals surface area (Å²) < 4.78 is 43.4. The van der Waals surface area contributed by atoms with E-state index in [1.54, 1.807) is 12.1 Å². The van der Waals surface area contributed by atoms with Crippen LogP contribution in [0.2, 0.25) is 0 Å². The van der Waals surface area contributed by atoms with Gasteiger partial charge in [0.05, 0.1) is 19.2 Å². The van der Waals surface area contributed by atoms with Gasteiger partial charge < -0.3 is 4.74 Å². The molecule has 3 rings (SSSR count). The van der Waals surface area contributed by atoms with Gasteiger partial charge in [-0.2, -0.15) is 13.2 Å². The minimum absolute atomic E-state index is 0.120. The number of alkyl halides is 3. The minimum Gasteiger partial charge on any atom is -0.468 e. The first-order chi connectivity index (χ1) is 12.7. The summed E-state index contributed by atoms with van der Waals surface area (Å²) in [6.07, 6.45) is -4.55. The molecule has 2 aromatic carbocycles. The number of ether oxygens (including phenoxy) is 1. The lowest BCUT2D eigenvalue weighted by Crippen LogP contribution is -2.46. The third-order valence-corrected chi connectivity index (χ3v) is 4.29. The highest BCUT2D eigenvalue weighted by atomic mass is 19.4. The fraction of sp³-hybridized carbons (Fsp3) is 0.211. The fourth-order valence-electron chi connectivity index (χ4n) is 3.00. The van der Waals surface area contributed by atoms with Crippen molar-refractivity contribution in [3.8, 4) is 0 Å². The number of halogens is 3. The largest absolute Gasteiger partial charge is 0.468 e. The molecule has 8 heteroatoms. The first-order valence-electron chi connectivity index (χ1n) is 7.92. The molecule has 0 radical (unpaired) electrons. The van der Waals surface area contributed by atoms with Gasteiger partial charge in [0.2, 0.25) is 5.91 Å². The second-order valence-electron chi connectivity index (χ2n) is 5.97. The van der Waals surface area contributed by atoms with E-state index >= 15 is 0 Å². The molecule has 2 aromatic rings. The molecule has 0 bridgehead atoms. The molecule has 1 atom stereocenters. The second kappa shape index (κ2) is 6.86. The summed E-state index contributed by atoms with van der Waals surface area (Å²) in [5.41, 5.74) is -0.407.